The topological polar surface area (TPSA) is 67.9 Å². The van der Waals surface area contributed by atoms with Crippen LogP contribution in [0.1, 0.15) is 18.9 Å². The van der Waals surface area contributed by atoms with E-state index in [0.29, 0.717) is 30.3 Å². The summed E-state index contributed by atoms with van der Waals surface area (Å²) in [4.78, 5) is 25.6. The maximum absolute atomic E-state index is 12.2. The highest BCUT2D eigenvalue weighted by molar-refractivity contribution is 5.91. The summed E-state index contributed by atoms with van der Waals surface area (Å²) in [6, 6.07) is 15.0. The van der Waals surface area contributed by atoms with E-state index in [2.05, 4.69) is 5.32 Å². The van der Waals surface area contributed by atoms with Crippen LogP contribution in [0.4, 0.5) is 5.69 Å². The third kappa shape index (κ3) is 4.50. The first kappa shape index (κ1) is 16.8. The summed E-state index contributed by atoms with van der Waals surface area (Å²) in [6.45, 7) is 2.56. The zero-order chi connectivity index (χ0) is 17.6. The van der Waals surface area contributed by atoms with Gasteiger partial charge in [-0.3, -0.25) is 9.59 Å². The first-order chi connectivity index (χ1) is 12.1. The van der Waals surface area contributed by atoms with Gasteiger partial charge in [-0.25, -0.2) is 0 Å². The Kier molecular flexibility index (Phi) is 5.18. The van der Waals surface area contributed by atoms with Gasteiger partial charge in [0.15, 0.2) is 11.5 Å². The van der Waals surface area contributed by atoms with Gasteiger partial charge >= 0.3 is 0 Å². The number of anilines is 1. The lowest BCUT2D eigenvalue weighted by atomic mass is 10.2. The molecule has 0 aliphatic carbocycles. The molecule has 130 valence electrons. The van der Waals surface area contributed by atoms with E-state index in [1.54, 1.807) is 23.1 Å². The molecule has 3 rings (SSSR count). The van der Waals surface area contributed by atoms with E-state index in [9.17, 15) is 9.59 Å². The SMILES string of the molecule is CC(=O)N(CCC(=O)Nc1ccc2c(c1)OCO2)Cc1ccccc1. The first-order valence-electron chi connectivity index (χ1n) is 8.11. The smallest absolute Gasteiger partial charge is 0.231 e. The molecule has 0 atom stereocenters. The van der Waals surface area contributed by atoms with E-state index >= 15 is 0 Å². The van der Waals surface area contributed by atoms with E-state index in [0.717, 1.165) is 5.56 Å². The summed E-state index contributed by atoms with van der Waals surface area (Å²) in [7, 11) is 0. The zero-order valence-corrected chi connectivity index (χ0v) is 14.0. The molecule has 25 heavy (non-hydrogen) atoms. The summed E-state index contributed by atoms with van der Waals surface area (Å²) in [5.74, 6) is 1.08. The Balaban J connectivity index is 1.54. The maximum Gasteiger partial charge on any atom is 0.231 e. The standard InChI is InChI=1S/C19H20N2O4/c1-14(22)21(12-15-5-3-2-4-6-15)10-9-19(23)20-16-7-8-17-18(11-16)25-13-24-17/h2-8,11H,9-10,12-13H2,1H3,(H,20,23). The van der Waals surface area contributed by atoms with Gasteiger partial charge in [-0.2, -0.15) is 0 Å². The van der Waals surface area contributed by atoms with E-state index in [1.165, 1.54) is 6.92 Å². The van der Waals surface area contributed by atoms with Crippen molar-refractivity contribution in [3.8, 4) is 11.5 Å². The van der Waals surface area contributed by atoms with Gasteiger partial charge in [0.2, 0.25) is 18.6 Å². The third-order valence-corrected chi connectivity index (χ3v) is 3.93. The number of nitrogens with zero attached hydrogens (tertiary/aromatic N) is 1. The lowest BCUT2D eigenvalue weighted by Crippen LogP contribution is -2.31. The van der Waals surface area contributed by atoms with E-state index in [1.807, 2.05) is 30.3 Å². The van der Waals surface area contributed by atoms with Crippen LogP contribution in [0.2, 0.25) is 0 Å². The van der Waals surface area contributed by atoms with Gasteiger partial charge in [0.25, 0.3) is 0 Å². The Morgan fingerprint density at radius 2 is 1.84 bits per heavy atom. The molecule has 2 amide bonds. The number of ether oxygens (including phenoxy) is 2. The Morgan fingerprint density at radius 1 is 1.08 bits per heavy atom. The molecular formula is C19H20N2O4. The van der Waals surface area contributed by atoms with Crippen molar-refractivity contribution in [1.82, 2.24) is 4.90 Å². The van der Waals surface area contributed by atoms with Crippen molar-refractivity contribution < 1.29 is 19.1 Å². The summed E-state index contributed by atoms with van der Waals surface area (Å²) in [5, 5.41) is 2.82. The minimum Gasteiger partial charge on any atom is -0.454 e. The highest BCUT2D eigenvalue weighted by Crippen LogP contribution is 2.34. The van der Waals surface area contributed by atoms with Gasteiger partial charge in [0.05, 0.1) is 0 Å². The van der Waals surface area contributed by atoms with Crippen LogP contribution in [0, 0.1) is 0 Å². The predicted octanol–water partition coefficient (Wildman–Crippen LogP) is 2.79. The van der Waals surface area contributed by atoms with Crippen LogP contribution >= 0.6 is 0 Å². The number of fused-ring (bicyclic) bond motifs is 1. The number of carbonyl (C=O) groups is 2. The lowest BCUT2D eigenvalue weighted by Gasteiger charge is -2.21. The van der Waals surface area contributed by atoms with Crippen LogP contribution in [0.5, 0.6) is 11.5 Å². The van der Waals surface area contributed by atoms with Gasteiger partial charge in [0.1, 0.15) is 0 Å². The Hall–Kier alpha value is -3.02. The molecule has 6 nitrogen and oxygen atoms in total. The van der Waals surface area contributed by atoms with Gasteiger partial charge in [-0.15, -0.1) is 0 Å². The van der Waals surface area contributed by atoms with Crippen molar-refractivity contribution in [2.45, 2.75) is 19.9 Å². The summed E-state index contributed by atoms with van der Waals surface area (Å²) >= 11 is 0. The molecule has 2 aromatic carbocycles. The maximum atomic E-state index is 12.2. The Bertz CT molecular complexity index is 761. The second kappa shape index (κ2) is 7.70. The normalized spacial score (nSPS) is 11.9. The van der Waals surface area contributed by atoms with Crippen LogP contribution in [0.15, 0.2) is 48.5 Å². The molecule has 0 spiro atoms. The molecule has 0 radical (unpaired) electrons. The van der Waals surface area contributed by atoms with Crippen LogP contribution in [0.25, 0.3) is 0 Å². The number of carbonyl (C=O) groups excluding carboxylic acids is 2. The van der Waals surface area contributed by atoms with E-state index < -0.39 is 0 Å². The van der Waals surface area contributed by atoms with Crippen LogP contribution in [-0.2, 0) is 16.1 Å². The number of hydrogen-bond acceptors (Lipinski definition) is 4. The van der Waals surface area contributed by atoms with Crippen LogP contribution in [-0.4, -0.2) is 30.1 Å². The molecule has 0 unspecified atom stereocenters. The van der Waals surface area contributed by atoms with Crippen molar-refractivity contribution >= 4 is 17.5 Å². The second-order valence-corrected chi connectivity index (χ2v) is 5.79. The van der Waals surface area contributed by atoms with Gasteiger partial charge < -0.3 is 19.7 Å². The monoisotopic (exact) mass is 340 g/mol. The van der Waals surface area contributed by atoms with Gasteiger partial charge in [-0.05, 0) is 17.7 Å². The van der Waals surface area contributed by atoms with Crippen LogP contribution in [0.3, 0.4) is 0 Å². The fourth-order valence-corrected chi connectivity index (χ4v) is 2.59. The summed E-state index contributed by atoms with van der Waals surface area (Å²) in [6.07, 6.45) is 0.223. The molecule has 0 bridgehead atoms. The molecule has 1 aliphatic heterocycles. The summed E-state index contributed by atoms with van der Waals surface area (Å²) in [5.41, 5.74) is 1.68. The van der Waals surface area contributed by atoms with Crippen molar-refractivity contribution in [2.24, 2.45) is 0 Å². The minimum atomic E-state index is -0.154. The highest BCUT2D eigenvalue weighted by atomic mass is 16.7. The molecule has 0 aromatic heterocycles. The number of nitrogens with one attached hydrogen (secondary N) is 1. The molecule has 0 fully saturated rings. The fourth-order valence-electron chi connectivity index (χ4n) is 2.59. The average molecular weight is 340 g/mol. The Morgan fingerprint density at radius 3 is 2.60 bits per heavy atom. The van der Waals surface area contributed by atoms with E-state index in [4.69, 9.17) is 9.47 Å². The van der Waals surface area contributed by atoms with E-state index in [-0.39, 0.29) is 25.0 Å². The largest absolute Gasteiger partial charge is 0.454 e. The molecule has 0 saturated carbocycles. The van der Waals surface area contributed by atoms with Gasteiger partial charge in [0, 0.05) is 38.2 Å². The molecule has 1 heterocycles. The average Bonchev–Trinajstić information content (AvgIpc) is 3.07. The number of amides is 2. The molecule has 1 aliphatic rings. The predicted molar refractivity (Wildman–Crippen MR) is 93.3 cm³/mol. The van der Waals surface area contributed by atoms with Crippen molar-refractivity contribution in [1.29, 1.82) is 0 Å². The molecule has 6 heteroatoms. The van der Waals surface area contributed by atoms with Crippen molar-refractivity contribution in [2.75, 3.05) is 18.7 Å². The lowest BCUT2D eigenvalue weighted by molar-refractivity contribution is -0.129. The Labute approximate surface area is 146 Å². The number of rotatable bonds is 6. The molecule has 2 aromatic rings. The van der Waals surface area contributed by atoms with Crippen molar-refractivity contribution in [3.63, 3.8) is 0 Å². The van der Waals surface area contributed by atoms with Crippen molar-refractivity contribution in [3.05, 3.63) is 54.1 Å². The molecular weight excluding hydrogens is 320 g/mol. The zero-order valence-electron chi connectivity index (χ0n) is 14.0. The highest BCUT2D eigenvalue weighted by Gasteiger charge is 2.15. The quantitative estimate of drug-likeness (QED) is 0.878. The first-order valence-corrected chi connectivity index (χ1v) is 8.11. The molecule has 1 N–H and O–H groups in total. The minimum absolute atomic E-state index is 0.0558. The third-order valence-electron chi connectivity index (χ3n) is 3.93. The fraction of sp³-hybridized carbons (Fsp3) is 0.263. The second-order valence-electron chi connectivity index (χ2n) is 5.79. The molecule has 0 saturated heterocycles. The van der Waals surface area contributed by atoms with Gasteiger partial charge in [-0.1, -0.05) is 30.3 Å². The summed E-state index contributed by atoms with van der Waals surface area (Å²) < 4.78 is 10.5. The van der Waals surface area contributed by atoms with Crippen LogP contribution < -0.4 is 14.8 Å². The number of benzene rings is 2. The number of hydrogen-bond donors (Lipinski definition) is 1.